The molecule has 2 aromatic carbocycles. The molecule has 9 nitrogen and oxygen atoms in total. The number of amides is 5. The van der Waals surface area contributed by atoms with E-state index >= 15 is 0 Å². The van der Waals surface area contributed by atoms with E-state index in [4.69, 9.17) is 21.1 Å². The standard InChI is InChI=1S/C22H20ClN3O6/c1-11-4-5-16(12(2)6-11)24-18(27)10-32-19-15(23)8-13(9-17(19)31-3)7-14-20(28)25-22(30)26-21(14)29/h4-9H,10H2,1-3H3,(H,24,27)(H2,25,26,28,29,30). The Morgan fingerprint density at radius 1 is 1.09 bits per heavy atom. The van der Waals surface area contributed by atoms with Gasteiger partial charge >= 0.3 is 6.03 Å². The summed E-state index contributed by atoms with van der Waals surface area (Å²) >= 11 is 6.29. The topological polar surface area (TPSA) is 123 Å². The number of carbonyl (C=O) groups excluding carboxylic acids is 4. The van der Waals surface area contributed by atoms with Crippen molar-refractivity contribution in [1.82, 2.24) is 10.6 Å². The van der Waals surface area contributed by atoms with Crippen molar-refractivity contribution in [3.8, 4) is 11.5 Å². The molecule has 0 atom stereocenters. The average molecular weight is 458 g/mol. The molecule has 0 aliphatic carbocycles. The number of anilines is 1. The lowest BCUT2D eigenvalue weighted by molar-refractivity contribution is -0.124. The van der Waals surface area contributed by atoms with Crippen LogP contribution in [0.4, 0.5) is 10.5 Å². The highest BCUT2D eigenvalue weighted by Gasteiger charge is 2.28. The second-order valence-corrected chi connectivity index (χ2v) is 7.39. The van der Waals surface area contributed by atoms with Crippen LogP contribution < -0.4 is 25.4 Å². The van der Waals surface area contributed by atoms with Crippen molar-refractivity contribution in [3.05, 3.63) is 57.6 Å². The lowest BCUT2D eigenvalue weighted by Gasteiger charge is -2.16. The molecule has 3 N–H and O–H groups in total. The number of imide groups is 2. The Morgan fingerprint density at radius 3 is 2.41 bits per heavy atom. The summed E-state index contributed by atoms with van der Waals surface area (Å²) in [5.41, 5.74) is 2.76. The van der Waals surface area contributed by atoms with Crippen LogP contribution in [0.15, 0.2) is 35.9 Å². The molecule has 1 heterocycles. The third-order valence-electron chi connectivity index (χ3n) is 4.51. The first-order valence-electron chi connectivity index (χ1n) is 9.43. The molecule has 0 spiro atoms. The first kappa shape index (κ1) is 22.8. The van der Waals surface area contributed by atoms with Gasteiger partial charge in [0.2, 0.25) is 0 Å². The molecule has 0 radical (unpaired) electrons. The number of ether oxygens (including phenoxy) is 2. The maximum absolute atomic E-state index is 12.3. The molecule has 0 aromatic heterocycles. The number of hydrogen-bond donors (Lipinski definition) is 3. The van der Waals surface area contributed by atoms with Crippen LogP contribution in [0.25, 0.3) is 6.08 Å². The number of benzene rings is 2. The second kappa shape index (κ2) is 9.52. The molecule has 5 amide bonds. The molecule has 166 valence electrons. The SMILES string of the molecule is COc1cc(C=C2C(=O)NC(=O)NC2=O)cc(Cl)c1OCC(=O)Nc1ccc(C)cc1C. The zero-order valence-corrected chi connectivity index (χ0v) is 18.3. The fourth-order valence-corrected chi connectivity index (χ4v) is 3.29. The minimum absolute atomic E-state index is 0.100. The summed E-state index contributed by atoms with van der Waals surface area (Å²) in [6.07, 6.45) is 1.25. The quantitative estimate of drug-likeness (QED) is 0.452. The number of hydrogen-bond acceptors (Lipinski definition) is 6. The van der Waals surface area contributed by atoms with Gasteiger partial charge in [-0.05, 0) is 49.2 Å². The van der Waals surface area contributed by atoms with E-state index < -0.39 is 17.8 Å². The Morgan fingerprint density at radius 2 is 1.78 bits per heavy atom. The third kappa shape index (κ3) is 5.25. The van der Waals surface area contributed by atoms with Gasteiger partial charge in [-0.25, -0.2) is 4.79 Å². The highest BCUT2D eigenvalue weighted by molar-refractivity contribution is 6.33. The molecule has 0 unspecified atom stereocenters. The number of aryl methyl sites for hydroxylation is 2. The lowest BCUT2D eigenvalue weighted by atomic mass is 10.1. The zero-order chi connectivity index (χ0) is 23.4. The Bertz CT molecular complexity index is 1140. The monoisotopic (exact) mass is 457 g/mol. The molecular weight excluding hydrogens is 438 g/mol. The molecule has 0 bridgehead atoms. The highest BCUT2D eigenvalue weighted by atomic mass is 35.5. The summed E-state index contributed by atoms with van der Waals surface area (Å²) in [6.45, 7) is 3.53. The largest absolute Gasteiger partial charge is 0.493 e. The molecule has 32 heavy (non-hydrogen) atoms. The van der Waals surface area contributed by atoms with Crippen molar-refractivity contribution in [2.24, 2.45) is 0 Å². The maximum Gasteiger partial charge on any atom is 0.328 e. The van der Waals surface area contributed by atoms with Gasteiger partial charge in [0, 0.05) is 5.69 Å². The van der Waals surface area contributed by atoms with Crippen molar-refractivity contribution >= 4 is 47.1 Å². The minimum atomic E-state index is -0.893. The first-order valence-corrected chi connectivity index (χ1v) is 9.81. The van der Waals surface area contributed by atoms with Gasteiger partial charge in [-0.3, -0.25) is 25.0 Å². The summed E-state index contributed by atoms with van der Waals surface area (Å²) < 4.78 is 10.8. The Hall–Kier alpha value is -3.85. The van der Waals surface area contributed by atoms with Gasteiger partial charge in [0.05, 0.1) is 12.1 Å². The number of carbonyl (C=O) groups is 4. The lowest BCUT2D eigenvalue weighted by Crippen LogP contribution is -2.51. The second-order valence-electron chi connectivity index (χ2n) is 6.98. The van der Waals surface area contributed by atoms with E-state index in [0.717, 1.165) is 11.1 Å². The van der Waals surface area contributed by atoms with Crippen LogP contribution in [-0.2, 0) is 14.4 Å². The molecule has 1 fully saturated rings. The van der Waals surface area contributed by atoms with E-state index in [1.165, 1.54) is 25.3 Å². The van der Waals surface area contributed by atoms with Gasteiger partial charge in [-0.1, -0.05) is 29.3 Å². The van der Waals surface area contributed by atoms with Gasteiger partial charge in [-0.2, -0.15) is 0 Å². The summed E-state index contributed by atoms with van der Waals surface area (Å²) in [5, 5.41) is 6.84. The number of rotatable bonds is 6. The van der Waals surface area contributed by atoms with Gasteiger partial charge in [0.15, 0.2) is 18.1 Å². The summed E-state index contributed by atoms with van der Waals surface area (Å²) in [5.74, 6) is -1.74. The van der Waals surface area contributed by atoms with Crippen LogP contribution in [0.2, 0.25) is 5.02 Å². The molecule has 3 rings (SSSR count). The Labute approximate surface area is 188 Å². The van der Waals surface area contributed by atoms with Crippen molar-refractivity contribution in [1.29, 1.82) is 0 Å². The van der Waals surface area contributed by atoms with Crippen LogP contribution in [0.5, 0.6) is 11.5 Å². The van der Waals surface area contributed by atoms with Gasteiger partial charge in [0.1, 0.15) is 5.57 Å². The van der Waals surface area contributed by atoms with E-state index in [1.807, 2.05) is 42.7 Å². The van der Waals surface area contributed by atoms with Crippen molar-refractivity contribution < 1.29 is 28.7 Å². The van der Waals surface area contributed by atoms with Crippen molar-refractivity contribution in [3.63, 3.8) is 0 Å². The highest BCUT2D eigenvalue weighted by Crippen LogP contribution is 2.37. The van der Waals surface area contributed by atoms with E-state index in [-0.39, 0.29) is 34.6 Å². The van der Waals surface area contributed by atoms with E-state index in [1.54, 1.807) is 0 Å². The molecule has 2 aromatic rings. The van der Waals surface area contributed by atoms with E-state index in [2.05, 4.69) is 5.32 Å². The molecule has 1 aliphatic rings. The van der Waals surface area contributed by atoms with E-state index in [9.17, 15) is 19.2 Å². The van der Waals surface area contributed by atoms with Gasteiger partial charge < -0.3 is 14.8 Å². The Kier molecular flexibility index (Phi) is 6.79. The van der Waals surface area contributed by atoms with Crippen LogP contribution in [0.3, 0.4) is 0 Å². The number of urea groups is 1. The van der Waals surface area contributed by atoms with Crippen LogP contribution in [0.1, 0.15) is 16.7 Å². The van der Waals surface area contributed by atoms with Crippen LogP contribution in [-0.4, -0.2) is 37.5 Å². The number of methoxy groups -OCH3 is 1. The Balaban J connectivity index is 1.76. The predicted octanol–water partition coefficient (Wildman–Crippen LogP) is 2.73. The van der Waals surface area contributed by atoms with E-state index in [0.29, 0.717) is 11.3 Å². The summed E-state index contributed by atoms with van der Waals surface area (Å²) in [6, 6.07) is 7.67. The van der Waals surface area contributed by atoms with Crippen molar-refractivity contribution in [2.45, 2.75) is 13.8 Å². The fraction of sp³-hybridized carbons (Fsp3) is 0.182. The van der Waals surface area contributed by atoms with Crippen molar-refractivity contribution in [2.75, 3.05) is 19.0 Å². The average Bonchev–Trinajstić information content (AvgIpc) is 2.71. The molecule has 1 saturated heterocycles. The summed E-state index contributed by atoms with van der Waals surface area (Å²) in [4.78, 5) is 47.3. The van der Waals surface area contributed by atoms with Crippen LogP contribution in [0, 0.1) is 13.8 Å². The smallest absolute Gasteiger partial charge is 0.328 e. The number of barbiturate groups is 1. The molecule has 0 saturated carbocycles. The predicted molar refractivity (Wildman–Crippen MR) is 118 cm³/mol. The van der Waals surface area contributed by atoms with Gasteiger partial charge in [-0.15, -0.1) is 0 Å². The minimum Gasteiger partial charge on any atom is -0.493 e. The zero-order valence-electron chi connectivity index (χ0n) is 17.5. The fourth-order valence-electron chi connectivity index (χ4n) is 3.01. The molecule has 1 aliphatic heterocycles. The van der Waals surface area contributed by atoms with Gasteiger partial charge in [0.25, 0.3) is 17.7 Å². The molecular formula is C22H20ClN3O6. The normalized spacial score (nSPS) is 13.2. The maximum atomic E-state index is 12.3. The first-order chi connectivity index (χ1) is 15.2. The summed E-state index contributed by atoms with van der Waals surface area (Å²) in [7, 11) is 1.38. The van der Waals surface area contributed by atoms with Crippen LogP contribution >= 0.6 is 11.6 Å². The number of halogens is 1. The third-order valence-corrected chi connectivity index (χ3v) is 4.79. The molecule has 10 heteroatoms. The number of nitrogens with one attached hydrogen (secondary N) is 3.